The van der Waals surface area contributed by atoms with Gasteiger partial charge in [-0.15, -0.1) is 0 Å². The first kappa shape index (κ1) is 17.3. The molecule has 0 aromatic heterocycles. The van der Waals surface area contributed by atoms with Crippen LogP contribution in [0.5, 0.6) is 0 Å². The minimum Gasteiger partial charge on any atom is -0.376 e. The molecule has 1 heterocycles. The van der Waals surface area contributed by atoms with Crippen molar-refractivity contribution in [3.8, 4) is 6.07 Å². The van der Waals surface area contributed by atoms with Gasteiger partial charge in [0.1, 0.15) is 0 Å². The number of carbonyl (C=O) groups is 1. The molecular weight excluding hydrogens is 312 g/mol. The van der Waals surface area contributed by atoms with Gasteiger partial charge < -0.3 is 9.64 Å². The van der Waals surface area contributed by atoms with Crippen LogP contribution in [0.4, 0.5) is 0 Å². The van der Waals surface area contributed by atoms with E-state index >= 15 is 0 Å². The molecule has 0 N–H and O–H groups in total. The molecule has 4 heteroatoms. The molecule has 0 aromatic carbocycles. The molecule has 4 nitrogen and oxygen atoms in total. The van der Waals surface area contributed by atoms with Gasteiger partial charge >= 0.3 is 0 Å². The van der Waals surface area contributed by atoms with Gasteiger partial charge in [-0.25, -0.2) is 0 Å². The molecule has 1 amide bonds. The Morgan fingerprint density at radius 2 is 1.56 bits per heavy atom. The molecule has 25 heavy (non-hydrogen) atoms. The Balaban J connectivity index is 1.58. The molecule has 1 aliphatic heterocycles. The first-order chi connectivity index (χ1) is 12.0. The zero-order valence-corrected chi connectivity index (χ0v) is 15.7. The highest BCUT2D eigenvalue weighted by Crippen LogP contribution is 2.58. The lowest BCUT2D eigenvalue weighted by Gasteiger charge is -2.61. The average molecular weight is 344 g/mol. The molecular formula is C21H32N2O2. The quantitative estimate of drug-likeness (QED) is 0.777. The van der Waals surface area contributed by atoms with Crippen molar-refractivity contribution in [3.63, 3.8) is 0 Å². The number of carbonyl (C=O) groups excluding carboxylic acids is 1. The maximum atomic E-state index is 13.6. The monoisotopic (exact) mass is 344 g/mol. The van der Waals surface area contributed by atoms with Gasteiger partial charge in [-0.3, -0.25) is 4.79 Å². The summed E-state index contributed by atoms with van der Waals surface area (Å²) in [5, 5.41) is 9.17. The standard InChI is InChI=1S/C21H32N2O2/c1-14-6-19(7-15(2)25-14)20(24)23(5-3-4-22)21-11-16-8-17(12-21)10-18(9-16)13-21/h14-19H,3,5-13H2,1-2H3/t14-,15+,16?,17?,18?,19?,21?. The zero-order chi connectivity index (χ0) is 17.6. The SMILES string of the molecule is C[C@@H]1CC(C(=O)N(CCC#N)C23CC4CC(CC(C4)C2)C3)C[C@H](C)O1. The summed E-state index contributed by atoms with van der Waals surface area (Å²) in [4.78, 5) is 15.8. The van der Waals surface area contributed by atoms with Crippen molar-refractivity contribution in [1.82, 2.24) is 4.90 Å². The topological polar surface area (TPSA) is 53.3 Å². The molecule has 4 bridgehead atoms. The van der Waals surface area contributed by atoms with E-state index in [4.69, 9.17) is 10.00 Å². The Bertz CT molecular complexity index is 521. The Morgan fingerprint density at radius 3 is 2.04 bits per heavy atom. The molecule has 3 atom stereocenters. The van der Waals surface area contributed by atoms with E-state index in [1.807, 2.05) is 0 Å². The van der Waals surface area contributed by atoms with Crippen molar-refractivity contribution < 1.29 is 9.53 Å². The smallest absolute Gasteiger partial charge is 0.226 e. The number of hydrogen-bond donors (Lipinski definition) is 0. The first-order valence-corrected chi connectivity index (χ1v) is 10.3. The van der Waals surface area contributed by atoms with Crippen LogP contribution in [0.15, 0.2) is 0 Å². The number of amides is 1. The van der Waals surface area contributed by atoms with E-state index in [2.05, 4.69) is 24.8 Å². The van der Waals surface area contributed by atoms with Crippen LogP contribution < -0.4 is 0 Å². The number of hydrogen-bond acceptors (Lipinski definition) is 3. The van der Waals surface area contributed by atoms with Crippen molar-refractivity contribution in [3.05, 3.63) is 0 Å². The lowest BCUT2D eigenvalue weighted by molar-refractivity contribution is -0.161. The number of rotatable bonds is 4. The Morgan fingerprint density at radius 1 is 1.04 bits per heavy atom. The number of nitrogens with zero attached hydrogens (tertiary/aromatic N) is 2. The third kappa shape index (κ3) is 3.21. The summed E-state index contributed by atoms with van der Waals surface area (Å²) in [6.45, 7) is 4.79. The molecule has 0 aromatic rings. The second-order valence-electron chi connectivity index (χ2n) is 9.47. The van der Waals surface area contributed by atoms with Crippen molar-refractivity contribution in [1.29, 1.82) is 5.26 Å². The molecule has 138 valence electrons. The van der Waals surface area contributed by atoms with Crippen LogP contribution in [0.1, 0.15) is 71.6 Å². The molecule has 5 aliphatic rings. The zero-order valence-electron chi connectivity index (χ0n) is 15.7. The summed E-state index contributed by atoms with van der Waals surface area (Å²) in [5.74, 6) is 2.84. The highest BCUT2D eigenvalue weighted by Gasteiger charge is 2.55. The van der Waals surface area contributed by atoms with Gasteiger partial charge in [0, 0.05) is 18.0 Å². The summed E-state index contributed by atoms with van der Waals surface area (Å²) in [5.41, 5.74) is 0.0630. The second kappa shape index (κ2) is 6.58. The largest absolute Gasteiger partial charge is 0.376 e. The minimum absolute atomic E-state index is 0.0630. The number of ether oxygens (including phenoxy) is 1. The van der Waals surface area contributed by atoms with E-state index in [0.717, 1.165) is 30.6 Å². The Hall–Kier alpha value is -1.08. The predicted octanol–water partition coefficient (Wildman–Crippen LogP) is 3.90. The lowest BCUT2D eigenvalue weighted by Crippen LogP contribution is -2.63. The minimum atomic E-state index is 0.0630. The average Bonchev–Trinajstić information content (AvgIpc) is 2.52. The van der Waals surface area contributed by atoms with Gasteiger partial charge in [0.05, 0.1) is 24.7 Å². The molecule has 0 spiro atoms. The van der Waals surface area contributed by atoms with E-state index in [-0.39, 0.29) is 23.7 Å². The van der Waals surface area contributed by atoms with Crippen molar-refractivity contribution in [2.45, 2.75) is 89.4 Å². The van der Waals surface area contributed by atoms with E-state index in [0.29, 0.717) is 18.9 Å². The van der Waals surface area contributed by atoms with Crippen LogP contribution in [0.3, 0.4) is 0 Å². The van der Waals surface area contributed by atoms with Gasteiger partial charge in [-0.2, -0.15) is 5.26 Å². The third-order valence-electron chi connectivity index (χ3n) is 7.34. The maximum Gasteiger partial charge on any atom is 0.226 e. The molecule has 5 fully saturated rings. The molecule has 1 unspecified atom stereocenters. The van der Waals surface area contributed by atoms with E-state index in [9.17, 15) is 4.79 Å². The highest BCUT2D eigenvalue weighted by atomic mass is 16.5. The van der Waals surface area contributed by atoms with E-state index in [1.54, 1.807) is 0 Å². The fourth-order valence-electron chi connectivity index (χ4n) is 6.97. The summed E-state index contributed by atoms with van der Waals surface area (Å²) < 4.78 is 5.85. The fraction of sp³-hybridized carbons (Fsp3) is 0.905. The van der Waals surface area contributed by atoms with Crippen LogP contribution in [0.2, 0.25) is 0 Å². The van der Waals surface area contributed by atoms with Crippen molar-refractivity contribution in [2.24, 2.45) is 23.7 Å². The predicted molar refractivity (Wildman–Crippen MR) is 95.6 cm³/mol. The fourth-order valence-corrected chi connectivity index (χ4v) is 6.97. The summed E-state index contributed by atoms with van der Waals surface area (Å²) in [6, 6.07) is 2.29. The summed E-state index contributed by atoms with van der Waals surface area (Å²) >= 11 is 0. The van der Waals surface area contributed by atoms with Gasteiger partial charge in [0.2, 0.25) is 5.91 Å². The van der Waals surface area contributed by atoms with Gasteiger partial charge in [-0.1, -0.05) is 0 Å². The maximum absolute atomic E-state index is 13.6. The van der Waals surface area contributed by atoms with Gasteiger partial charge in [-0.05, 0) is 83.0 Å². The van der Waals surface area contributed by atoms with Crippen LogP contribution in [0, 0.1) is 35.0 Å². The molecule has 4 saturated carbocycles. The lowest BCUT2D eigenvalue weighted by atomic mass is 9.52. The van der Waals surface area contributed by atoms with Crippen molar-refractivity contribution >= 4 is 5.91 Å². The Labute approximate surface area is 151 Å². The number of nitriles is 1. The second-order valence-corrected chi connectivity index (χ2v) is 9.47. The van der Waals surface area contributed by atoms with E-state index in [1.165, 1.54) is 38.5 Å². The Kier molecular flexibility index (Phi) is 4.56. The third-order valence-corrected chi connectivity index (χ3v) is 7.34. The molecule has 5 rings (SSSR count). The highest BCUT2D eigenvalue weighted by molar-refractivity contribution is 5.80. The van der Waals surface area contributed by atoms with Crippen LogP contribution in [-0.2, 0) is 9.53 Å². The summed E-state index contributed by atoms with van der Waals surface area (Å²) in [6.07, 6.45) is 10.1. The van der Waals surface area contributed by atoms with Crippen molar-refractivity contribution in [2.75, 3.05) is 6.54 Å². The normalized spacial score (nSPS) is 45.2. The van der Waals surface area contributed by atoms with Crippen LogP contribution in [0.25, 0.3) is 0 Å². The van der Waals surface area contributed by atoms with E-state index < -0.39 is 0 Å². The van der Waals surface area contributed by atoms with Gasteiger partial charge in [0.15, 0.2) is 0 Å². The first-order valence-electron chi connectivity index (χ1n) is 10.3. The van der Waals surface area contributed by atoms with Crippen LogP contribution >= 0.6 is 0 Å². The molecule has 4 aliphatic carbocycles. The summed E-state index contributed by atoms with van der Waals surface area (Å²) in [7, 11) is 0. The molecule has 0 radical (unpaired) electrons. The van der Waals surface area contributed by atoms with Gasteiger partial charge in [0.25, 0.3) is 0 Å². The van der Waals surface area contributed by atoms with Crippen LogP contribution in [-0.4, -0.2) is 35.1 Å². The molecule has 1 saturated heterocycles.